The lowest BCUT2D eigenvalue weighted by molar-refractivity contribution is 0.0523. The molecule has 5 nitrogen and oxygen atoms in total. The molecule has 0 aromatic heterocycles. The van der Waals surface area contributed by atoms with Crippen LogP contribution < -0.4 is 10.1 Å². The summed E-state index contributed by atoms with van der Waals surface area (Å²) in [6.45, 7) is 4.09. The quantitative estimate of drug-likeness (QED) is 0.909. The standard InChI is InChI=1S/C16H23N3O2/c1-21-15-6-4-13(5-7-15)17-16(20)19-10-3-2-9-18-11-8-14(18)12-19/h4-7,14H,2-3,8-12H2,1H3,(H,17,20)/t14-/m1/s1. The number of amides is 2. The Kier molecular flexibility index (Phi) is 4.29. The van der Waals surface area contributed by atoms with Gasteiger partial charge in [-0.05, 0) is 50.1 Å². The van der Waals surface area contributed by atoms with Gasteiger partial charge >= 0.3 is 6.03 Å². The number of benzene rings is 1. The van der Waals surface area contributed by atoms with Crippen molar-refractivity contribution in [1.82, 2.24) is 9.80 Å². The summed E-state index contributed by atoms with van der Waals surface area (Å²) in [7, 11) is 1.64. The maximum Gasteiger partial charge on any atom is 0.321 e. The highest BCUT2D eigenvalue weighted by Gasteiger charge is 2.31. The van der Waals surface area contributed by atoms with Crippen LogP contribution in [0.3, 0.4) is 0 Å². The lowest BCUT2D eigenvalue weighted by Gasteiger charge is -2.45. The summed E-state index contributed by atoms with van der Waals surface area (Å²) in [5.41, 5.74) is 0.813. The molecule has 1 atom stereocenters. The zero-order chi connectivity index (χ0) is 14.7. The number of rotatable bonds is 2. The summed E-state index contributed by atoms with van der Waals surface area (Å²) in [6.07, 6.45) is 3.48. The lowest BCUT2D eigenvalue weighted by atomic mass is 10.00. The fraction of sp³-hybridized carbons (Fsp3) is 0.562. The number of carbonyl (C=O) groups is 1. The van der Waals surface area contributed by atoms with E-state index >= 15 is 0 Å². The van der Waals surface area contributed by atoms with Crippen LogP contribution in [0.5, 0.6) is 5.75 Å². The highest BCUT2D eigenvalue weighted by atomic mass is 16.5. The van der Waals surface area contributed by atoms with Gasteiger partial charge in [0.05, 0.1) is 7.11 Å². The Labute approximate surface area is 125 Å². The third-order valence-electron chi connectivity index (χ3n) is 4.45. The SMILES string of the molecule is COc1ccc(NC(=O)N2CCCCN3CC[C@@H]3C2)cc1. The van der Waals surface area contributed by atoms with Crippen LogP contribution in [0.25, 0.3) is 0 Å². The highest BCUT2D eigenvalue weighted by molar-refractivity contribution is 5.89. The van der Waals surface area contributed by atoms with Crippen LogP contribution in [0.2, 0.25) is 0 Å². The first-order valence-electron chi connectivity index (χ1n) is 7.70. The van der Waals surface area contributed by atoms with E-state index in [0.717, 1.165) is 30.9 Å². The molecular formula is C16H23N3O2. The first kappa shape index (κ1) is 14.2. The Morgan fingerprint density at radius 2 is 1.95 bits per heavy atom. The molecule has 0 saturated carbocycles. The lowest BCUT2D eigenvalue weighted by Crippen LogP contribution is -2.56. The molecular weight excluding hydrogens is 266 g/mol. The molecule has 2 aliphatic rings. The summed E-state index contributed by atoms with van der Waals surface area (Å²) in [6, 6.07) is 8.03. The Morgan fingerprint density at radius 3 is 2.62 bits per heavy atom. The van der Waals surface area contributed by atoms with Crippen LogP contribution in [0.4, 0.5) is 10.5 Å². The molecule has 0 unspecified atom stereocenters. The minimum Gasteiger partial charge on any atom is -0.497 e. The summed E-state index contributed by atoms with van der Waals surface area (Å²) >= 11 is 0. The van der Waals surface area contributed by atoms with Gasteiger partial charge in [0.1, 0.15) is 5.75 Å². The van der Waals surface area contributed by atoms with E-state index in [9.17, 15) is 4.79 Å². The van der Waals surface area contributed by atoms with Gasteiger partial charge in [0, 0.05) is 31.4 Å². The Morgan fingerprint density at radius 1 is 1.19 bits per heavy atom. The third kappa shape index (κ3) is 3.29. The number of hydrogen-bond donors (Lipinski definition) is 1. The van der Waals surface area contributed by atoms with Crippen molar-refractivity contribution in [3.05, 3.63) is 24.3 Å². The second kappa shape index (κ2) is 6.35. The molecule has 114 valence electrons. The number of urea groups is 1. The average molecular weight is 289 g/mol. The fourth-order valence-electron chi connectivity index (χ4n) is 3.02. The van der Waals surface area contributed by atoms with Crippen molar-refractivity contribution >= 4 is 11.7 Å². The minimum atomic E-state index is 0.00826. The van der Waals surface area contributed by atoms with Crippen LogP contribution in [0.15, 0.2) is 24.3 Å². The van der Waals surface area contributed by atoms with Crippen molar-refractivity contribution in [3.63, 3.8) is 0 Å². The van der Waals surface area contributed by atoms with Crippen molar-refractivity contribution in [2.24, 2.45) is 0 Å². The smallest absolute Gasteiger partial charge is 0.321 e. The average Bonchev–Trinajstić information content (AvgIpc) is 2.48. The number of hydrogen-bond acceptors (Lipinski definition) is 3. The molecule has 5 heteroatoms. The van der Waals surface area contributed by atoms with Crippen LogP contribution in [0, 0.1) is 0 Å². The van der Waals surface area contributed by atoms with Crippen molar-refractivity contribution < 1.29 is 9.53 Å². The van der Waals surface area contributed by atoms with Gasteiger partial charge in [-0.15, -0.1) is 0 Å². The van der Waals surface area contributed by atoms with E-state index in [1.807, 2.05) is 29.2 Å². The summed E-state index contributed by atoms with van der Waals surface area (Å²) in [4.78, 5) is 16.9. The highest BCUT2D eigenvalue weighted by Crippen LogP contribution is 2.22. The van der Waals surface area contributed by atoms with Gasteiger partial charge < -0.3 is 15.0 Å². The number of fused-ring (bicyclic) bond motifs is 1. The second-order valence-corrected chi connectivity index (χ2v) is 5.79. The van der Waals surface area contributed by atoms with E-state index in [-0.39, 0.29) is 6.03 Å². The van der Waals surface area contributed by atoms with Crippen LogP contribution in [-0.2, 0) is 0 Å². The van der Waals surface area contributed by atoms with E-state index in [1.165, 1.54) is 25.9 Å². The van der Waals surface area contributed by atoms with Gasteiger partial charge in [-0.25, -0.2) is 4.79 Å². The van der Waals surface area contributed by atoms with Gasteiger partial charge in [0.15, 0.2) is 0 Å². The normalized spacial score (nSPS) is 22.5. The molecule has 0 bridgehead atoms. The number of carbonyl (C=O) groups excluding carboxylic acids is 1. The molecule has 2 saturated heterocycles. The molecule has 1 aromatic rings. The molecule has 2 amide bonds. The van der Waals surface area contributed by atoms with Crippen molar-refractivity contribution in [1.29, 1.82) is 0 Å². The van der Waals surface area contributed by atoms with Crippen LogP contribution >= 0.6 is 0 Å². The third-order valence-corrected chi connectivity index (χ3v) is 4.45. The molecule has 2 aliphatic heterocycles. The van der Waals surface area contributed by atoms with E-state index in [0.29, 0.717) is 6.04 Å². The second-order valence-electron chi connectivity index (χ2n) is 5.79. The van der Waals surface area contributed by atoms with E-state index < -0.39 is 0 Å². The van der Waals surface area contributed by atoms with Gasteiger partial charge in [-0.1, -0.05) is 0 Å². The molecule has 3 rings (SSSR count). The maximum atomic E-state index is 12.4. The monoisotopic (exact) mass is 289 g/mol. The number of methoxy groups -OCH3 is 1. The molecule has 2 heterocycles. The van der Waals surface area contributed by atoms with Gasteiger partial charge in [-0.3, -0.25) is 4.90 Å². The largest absolute Gasteiger partial charge is 0.497 e. The number of ether oxygens (including phenoxy) is 1. The van der Waals surface area contributed by atoms with Crippen molar-refractivity contribution in [2.45, 2.75) is 25.3 Å². The Bertz CT molecular complexity index is 489. The molecule has 0 aliphatic carbocycles. The van der Waals surface area contributed by atoms with Crippen LogP contribution in [-0.4, -0.2) is 55.2 Å². The number of nitrogens with one attached hydrogen (secondary N) is 1. The topological polar surface area (TPSA) is 44.8 Å². The molecule has 0 spiro atoms. The Hall–Kier alpha value is -1.75. The van der Waals surface area contributed by atoms with Gasteiger partial charge in [0.25, 0.3) is 0 Å². The molecule has 0 radical (unpaired) electrons. The summed E-state index contributed by atoms with van der Waals surface area (Å²) < 4.78 is 5.13. The summed E-state index contributed by atoms with van der Waals surface area (Å²) in [5.74, 6) is 0.796. The first-order chi connectivity index (χ1) is 10.3. The maximum absolute atomic E-state index is 12.4. The summed E-state index contributed by atoms with van der Waals surface area (Å²) in [5, 5.41) is 2.98. The van der Waals surface area contributed by atoms with Gasteiger partial charge in [-0.2, -0.15) is 0 Å². The van der Waals surface area contributed by atoms with E-state index in [1.54, 1.807) is 7.11 Å². The first-order valence-corrected chi connectivity index (χ1v) is 7.70. The molecule has 1 N–H and O–H groups in total. The van der Waals surface area contributed by atoms with E-state index in [2.05, 4.69) is 10.2 Å². The Balaban J connectivity index is 1.60. The fourth-order valence-corrected chi connectivity index (χ4v) is 3.02. The van der Waals surface area contributed by atoms with Crippen LogP contribution in [0.1, 0.15) is 19.3 Å². The van der Waals surface area contributed by atoms with Gasteiger partial charge in [0.2, 0.25) is 0 Å². The predicted octanol–water partition coefficient (Wildman–Crippen LogP) is 2.40. The molecule has 2 fully saturated rings. The number of anilines is 1. The number of nitrogens with zero attached hydrogens (tertiary/aromatic N) is 2. The predicted molar refractivity (Wildman–Crippen MR) is 82.8 cm³/mol. The van der Waals surface area contributed by atoms with E-state index in [4.69, 9.17) is 4.74 Å². The molecule has 21 heavy (non-hydrogen) atoms. The van der Waals surface area contributed by atoms with Crippen molar-refractivity contribution in [2.75, 3.05) is 38.6 Å². The zero-order valence-corrected chi connectivity index (χ0v) is 12.5. The minimum absolute atomic E-state index is 0.00826. The zero-order valence-electron chi connectivity index (χ0n) is 12.5. The molecule has 1 aromatic carbocycles. The van der Waals surface area contributed by atoms with Crippen molar-refractivity contribution in [3.8, 4) is 5.75 Å².